The Bertz CT molecular complexity index is 2810. The van der Waals surface area contributed by atoms with Crippen molar-refractivity contribution in [1.29, 1.82) is 0 Å². The summed E-state index contributed by atoms with van der Waals surface area (Å²) in [7, 11) is -2.98. The van der Waals surface area contributed by atoms with Gasteiger partial charge in [0, 0.05) is 41.4 Å². The monoisotopic (exact) mass is 790 g/mol. The number of fused-ring (bicyclic) bond motifs is 4. The maximum absolute atomic E-state index is 10.1. The van der Waals surface area contributed by atoms with Crippen molar-refractivity contribution >= 4 is 47.2 Å². The van der Waals surface area contributed by atoms with Crippen LogP contribution in [-0.4, -0.2) is 8.07 Å². The summed E-state index contributed by atoms with van der Waals surface area (Å²) < 4.78 is 74.1. The summed E-state index contributed by atoms with van der Waals surface area (Å²) in [5.41, 5.74) is 4.39. The van der Waals surface area contributed by atoms with Crippen LogP contribution in [0.4, 0.5) is 0 Å². The molecule has 0 bridgehead atoms. The third kappa shape index (κ3) is 5.77. The van der Waals surface area contributed by atoms with Gasteiger partial charge in [0.15, 0.2) is 0 Å². The molecular weight excluding hydrogens is 729 g/mol. The molecule has 2 fully saturated rings. The number of rotatable bonds is 6. The normalized spacial score (nSPS) is 26.6. The summed E-state index contributed by atoms with van der Waals surface area (Å²) in [4.78, 5) is 3.74. The highest BCUT2D eigenvalue weighted by Crippen LogP contribution is 2.56. The van der Waals surface area contributed by atoms with Gasteiger partial charge in [0.1, 0.15) is 8.07 Å². The third-order valence-corrected chi connectivity index (χ3v) is 20.5. The quantitative estimate of drug-likeness (QED) is 0.122. The van der Waals surface area contributed by atoms with E-state index in [1.54, 1.807) is 23.5 Å². The molecule has 6 aromatic rings. The second-order valence-electron chi connectivity index (χ2n) is 16.9. The Kier molecular flexibility index (Phi) is 7.13. The van der Waals surface area contributed by atoms with Crippen molar-refractivity contribution in [3.63, 3.8) is 0 Å². The van der Waals surface area contributed by atoms with E-state index in [-0.39, 0.29) is 0 Å². The van der Waals surface area contributed by atoms with Gasteiger partial charge in [-0.1, -0.05) is 199 Å². The summed E-state index contributed by atoms with van der Waals surface area (Å²) in [6, 6.07) is 43.9. The van der Waals surface area contributed by atoms with Gasteiger partial charge in [-0.3, -0.25) is 0 Å². The first-order valence-electron chi connectivity index (χ1n) is 24.4. The molecular formula is C53H54S2Si. The molecule has 2 aliphatic heterocycles. The second kappa shape index (κ2) is 14.0. The molecule has 0 aromatic heterocycles. The first-order valence-corrected chi connectivity index (χ1v) is 24.6. The summed E-state index contributed by atoms with van der Waals surface area (Å²) in [6.45, 7) is 1.44. The topological polar surface area (TPSA) is 0 Å². The van der Waals surface area contributed by atoms with Gasteiger partial charge < -0.3 is 0 Å². The molecule has 0 saturated heterocycles. The highest BCUT2D eigenvalue weighted by Gasteiger charge is 2.42. The molecule has 3 unspecified atom stereocenters. The van der Waals surface area contributed by atoms with Crippen LogP contribution in [0.2, 0.25) is 6.55 Å². The van der Waals surface area contributed by atoms with Crippen LogP contribution in [0.3, 0.4) is 0 Å². The smallest absolute Gasteiger partial charge is 0.0895 e. The molecule has 0 N–H and O–H groups in total. The molecule has 4 aliphatic rings. The molecule has 0 radical (unpaired) electrons. The average molecular weight is 791 g/mol. The van der Waals surface area contributed by atoms with E-state index in [1.165, 1.54) is 5.19 Å². The lowest BCUT2D eigenvalue weighted by Crippen LogP contribution is -2.65. The minimum absolute atomic E-state index is 0.690. The van der Waals surface area contributed by atoms with E-state index in [4.69, 9.17) is 4.11 Å². The van der Waals surface area contributed by atoms with Crippen molar-refractivity contribution < 1.29 is 11.0 Å². The SMILES string of the molecule is [2H]C1(c2ccc3c(c2)Sc2c(ccc(C4([2H])CCCC4)c2-c2cccc([Si](C)(c4ccccc4)c4cccc5c4Sc4ccccc4C5(C)C([2H])([2H])[2H])c2)C3(C)C([2H])([2H])[2H])CCCC1. The highest BCUT2D eigenvalue weighted by atomic mass is 32.2. The summed E-state index contributed by atoms with van der Waals surface area (Å²) in [6.07, 6.45) is 7.01. The maximum atomic E-state index is 10.1. The van der Waals surface area contributed by atoms with Gasteiger partial charge in [0.05, 0.1) is 0 Å². The summed E-state index contributed by atoms with van der Waals surface area (Å²) in [5, 5.41) is 3.49. The molecule has 6 aromatic carbocycles. The molecule has 0 spiro atoms. The molecule has 2 aliphatic carbocycles. The van der Waals surface area contributed by atoms with Crippen molar-refractivity contribution in [1.82, 2.24) is 0 Å². The fourth-order valence-electron chi connectivity index (χ4n) is 10.2. The lowest BCUT2D eigenvalue weighted by Gasteiger charge is -2.39. The van der Waals surface area contributed by atoms with Crippen molar-refractivity contribution in [2.75, 3.05) is 0 Å². The molecule has 0 nitrogen and oxygen atoms in total. The molecule has 3 heteroatoms. The zero-order chi connectivity index (χ0) is 45.1. The fourth-order valence-corrected chi connectivity index (χ4v) is 17.5. The van der Waals surface area contributed by atoms with Crippen LogP contribution in [0.5, 0.6) is 0 Å². The van der Waals surface area contributed by atoms with Crippen molar-refractivity contribution in [3.8, 4) is 11.1 Å². The largest absolute Gasteiger partial charge is 0.146 e. The summed E-state index contributed by atoms with van der Waals surface area (Å²) in [5.74, 6) is -1.53. The maximum Gasteiger partial charge on any atom is 0.146 e. The highest BCUT2D eigenvalue weighted by molar-refractivity contribution is 8.00. The van der Waals surface area contributed by atoms with Crippen LogP contribution in [0.25, 0.3) is 11.1 Å². The second-order valence-corrected chi connectivity index (χ2v) is 22.9. The van der Waals surface area contributed by atoms with E-state index >= 15 is 0 Å². The van der Waals surface area contributed by atoms with E-state index in [9.17, 15) is 6.85 Å². The zero-order valence-electron chi connectivity index (χ0n) is 40.6. The predicted octanol–water partition coefficient (Wildman–Crippen LogP) is 13.3. The van der Waals surface area contributed by atoms with Gasteiger partial charge in [-0.25, -0.2) is 0 Å². The molecule has 282 valence electrons. The molecule has 0 amide bonds. The minimum atomic E-state index is -2.98. The standard InChI is InChI=1S/C53H54S2Si/c1-52(2)42-25-13-14-27-46(42)54-50-44(52)26-16-28-48(50)56(5,39-22-7-6-8-23-39)40-24-15-21-38(33-40)49-41(36-19-11-12-20-36)30-32-45-51(49)55-47-34-37(35-17-9-10-18-35)29-31-43(47)53(45,3)4/h6-8,13-16,21-36H,9-12,17-20H2,1-5H3/i1D3,3D3,35D,36D. The summed E-state index contributed by atoms with van der Waals surface area (Å²) >= 11 is 3.30. The van der Waals surface area contributed by atoms with Crippen LogP contribution >= 0.6 is 23.5 Å². The van der Waals surface area contributed by atoms with E-state index in [2.05, 4.69) is 79.3 Å². The van der Waals surface area contributed by atoms with Crippen LogP contribution in [-0.2, 0) is 10.8 Å². The Morgan fingerprint density at radius 3 is 1.95 bits per heavy atom. The van der Waals surface area contributed by atoms with Crippen molar-refractivity contribution in [3.05, 3.63) is 161 Å². The van der Waals surface area contributed by atoms with E-state index in [1.807, 2.05) is 68.4 Å². The van der Waals surface area contributed by atoms with Gasteiger partial charge in [0.25, 0.3) is 0 Å². The molecule has 2 saturated carbocycles. The van der Waals surface area contributed by atoms with Gasteiger partial charge in [-0.05, 0) is 110 Å². The van der Waals surface area contributed by atoms with Crippen molar-refractivity contribution in [2.45, 2.75) is 128 Å². The van der Waals surface area contributed by atoms with Gasteiger partial charge >= 0.3 is 0 Å². The van der Waals surface area contributed by atoms with Crippen LogP contribution < -0.4 is 15.6 Å². The first kappa shape index (κ1) is 28.6. The fraction of sp³-hybridized carbons (Fsp3) is 0.321. The molecule has 2 heterocycles. The lowest BCUT2D eigenvalue weighted by molar-refractivity contribution is 0.603. The number of benzene rings is 6. The predicted molar refractivity (Wildman–Crippen MR) is 243 cm³/mol. The van der Waals surface area contributed by atoms with Crippen LogP contribution in [0.1, 0.15) is 135 Å². The lowest BCUT2D eigenvalue weighted by atomic mass is 9.75. The average Bonchev–Trinajstić information content (AvgIpc) is 3.94. The van der Waals surface area contributed by atoms with Gasteiger partial charge in [-0.15, -0.1) is 0 Å². The minimum Gasteiger partial charge on any atom is -0.0895 e. The zero-order valence-corrected chi connectivity index (χ0v) is 35.2. The van der Waals surface area contributed by atoms with Crippen LogP contribution in [0.15, 0.2) is 147 Å². The van der Waals surface area contributed by atoms with Crippen LogP contribution in [0, 0.1) is 0 Å². The Morgan fingerprint density at radius 2 is 1.18 bits per heavy atom. The Balaban J connectivity index is 1.23. The van der Waals surface area contributed by atoms with Gasteiger partial charge in [-0.2, -0.15) is 0 Å². The molecule has 56 heavy (non-hydrogen) atoms. The van der Waals surface area contributed by atoms with E-state index in [0.717, 1.165) is 126 Å². The van der Waals surface area contributed by atoms with Crippen molar-refractivity contribution in [2.24, 2.45) is 0 Å². The Labute approximate surface area is 356 Å². The molecule has 10 rings (SSSR count). The van der Waals surface area contributed by atoms with E-state index in [0.29, 0.717) is 0 Å². The Morgan fingerprint density at radius 1 is 0.571 bits per heavy atom. The van der Waals surface area contributed by atoms with Gasteiger partial charge in [0.2, 0.25) is 0 Å². The van der Waals surface area contributed by atoms with E-state index < -0.39 is 44.4 Å². The first-order chi connectivity index (χ1) is 30.3. The molecule has 3 atom stereocenters. The third-order valence-electron chi connectivity index (χ3n) is 13.4. The number of hydrogen-bond acceptors (Lipinski definition) is 2. The number of hydrogen-bond donors (Lipinski definition) is 0. The Hall–Kier alpha value is -3.76.